The highest BCUT2D eigenvalue weighted by Crippen LogP contribution is 2.35. The number of carbonyl (C=O) groups is 1. The molecule has 0 fully saturated rings. The summed E-state index contributed by atoms with van der Waals surface area (Å²) in [6, 6.07) is 5.38. The Kier molecular flexibility index (Phi) is 5.16. The lowest BCUT2D eigenvalue weighted by atomic mass is 9.93. The highest BCUT2D eigenvalue weighted by atomic mass is 79.9. The minimum absolute atomic E-state index is 0.241. The van der Waals surface area contributed by atoms with Crippen LogP contribution in [-0.2, 0) is 4.79 Å². The SMILES string of the molecule is COc1ccc(Br)cc1C(C(C)C(=O)O)N(C)C. The maximum absolute atomic E-state index is 11.2. The molecule has 1 aromatic rings. The molecule has 1 rings (SSSR count). The second-order valence-electron chi connectivity index (χ2n) is 4.42. The van der Waals surface area contributed by atoms with Crippen LogP contribution in [-0.4, -0.2) is 37.2 Å². The molecule has 0 saturated heterocycles. The van der Waals surface area contributed by atoms with Gasteiger partial charge in [-0.1, -0.05) is 22.9 Å². The van der Waals surface area contributed by atoms with E-state index in [4.69, 9.17) is 4.74 Å². The lowest BCUT2D eigenvalue weighted by Gasteiger charge is -2.29. The normalized spacial score (nSPS) is 14.3. The number of aliphatic carboxylic acids is 1. The van der Waals surface area contributed by atoms with Gasteiger partial charge in [0.1, 0.15) is 5.75 Å². The predicted octanol–water partition coefficient (Wildman–Crippen LogP) is 2.78. The summed E-state index contributed by atoms with van der Waals surface area (Å²) >= 11 is 3.41. The predicted molar refractivity (Wildman–Crippen MR) is 73.9 cm³/mol. The van der Waals surface area contributed by atoms with E-state index in [1.54, 1.807) is 14.0 Å². The van der Waals surface area contributed by atoms with Crippen LogP contribution in [0, 0.1) is 5.92 Å². The van der Waals surface area contributed by atoms with Crippen molar-refractivity contribution < 1.29 is 14.6 Å². The van der Waals surface area contributed by atoms with E-state index in [2.05, 4.69) is 15.9 Å². The van der Waals surface area contributed by atoms with Crippen molar-refractivity contribution in [1.82, 2.24) is 4.90 Å². The molecule has 0 aliphatic heterocycles. The van der Waals surface area contributed by atoms with Gasteiger partial charge in [-0.15, -0.1) is 0 Å². The molecule has 0 radical (unpaired) electrons. The Balaban J connectivity index is 3.28. The van der Waals surface area contributed by atoms with Gasteiger partial charge in [0.05, 0.1) is 19.1 Å². The minimum Gasteiger partial charge on any atom is -0.496 e. The third kappa shape index (κ3) is 3.23. The molecule has 0 spiro atoms. The van der Waals surface area contributed by atoms with Crippen LogP contribution in [0.15, 0.2) is 22.7 Å². The lowest BCUT2D eigenvalue weighted by Crippen LogP contribution is -2.30. The smallest absolute Gasteiger partial charge is 0.308 e. The molecule has 2 atom stereocenters. The summed E-state index contributed by atoms with van der Waals surface area (Å²) < 4.78 is 6.23. The summed E-state index contributed by atoms with van der Waals surface area (Å²) in [7, 11) is 5.32. The van der Waals surface area contributed by atoms with Crippen molar-refractivity contribution in [2.45, 2.75) is 13.0 Å². The maximum Gasteiger partial charge on any atom is 0.308 e. The second kappa shape index (κ2) is 6.20. The van der Waals surface area contributed by atoms with Crippen LogP contribution in [0.5, 0.6) is 5.75 Å². The Hall–Kier alpha value is -1.07. The first-order valence-corrected chi connectivity index (χ1v) is 6.40. The summed E-state index contributed by atoms with van der Waals surface area (Å²) in [6.07, 6.45) is 0. The van der Waals surface area contributed by atoms with E-state index in [0.29, 0.717) is 5.75 Å². The van der Waals surface area contributed by atoms with Crippen molar-refractivity contribution >= 4 is 21.9 Å². The fraction of sp³-hybridized carbons (Fsp3) is 0.462. The van der Waals surface area contributed by atoms with Crippen LogP contribution < -0.4 is 4.74 Å². The van der Waals surface area contributed by atoms with Gasteiger partial charge in [-0.3, -0.25) is 4.79 Å². The Morgan fingerprint density at radius 1 is 1.44 bits per heavy atom. The standard InChI is InChI=1S/C13H18BrNO3/c1-8(13(16)17)12(15(2)3)10-7-9(14)5-6-11(10)18-4/h5-8,12H,1-4H3,(H,16,17). The largest absolute Gasteiger partial charge is 0.496 e. The molecule has 18 heavy (non-hydrogen) atoms. The van der Waals surface area contributed by atoms with Gasteiger partial charge in [0.2, 0.25) is 0 Å². The number of benzene rings is 1. The monoisotopic (exact) mass is 315 g/mol. The highest BCUT2D eigenvalue weighted by Gasteiger charge is 2.29. The minimum atomic E-state index is -0.823. The zero-order valence-corrected chi connectivity index (χ0v) is 12.6. The van der Waals surface area contributed by atoms with E-state index in [9.17, 15) is 9.90 Å². The second-order valence-corrected chi connectivity index (χ2v) is 5.34. The van der Waals surface area contributed by atoms with Gasteiger partial charge in [0, 0.05) is 10.0 Å². The number of methoxy groups -OCH3 is 1. The van der Waals surface area contributed by atoms with Crippen LogP contribution in [0.1, 0.15) is 18.5 Å². The van der Waals surface area contributed by atoms with Crippen molar-refractivity contribution in [3.8, 4) is 5.75 Å². The fourth-order valence-corrected chi connectivity index (χ4v) is 2.44. The van der Waals surface area contributed by atoms with Crippen molar-refractivity contribution in [1.29, 1.82) is 0 Å². The van der Waals surface area contributed by atoms with Gasteiger partial charge < -0.3 is 14.7 Å². The molecule has 1 aromatic carbocycles. The molecule has 2 unspecified atom stereocenters. The molecule has 4 nitrogen and oxygen atoms in total. The third-order valence-corrected chi connectivity index (χ3v) is 3.42. The average Bonchev–Trinajstić information content (AvgIpc) is 2.28. The van der Waals surface area contributed by atoms with Crippen LogP contribution >= 0.6 is 15.9 Å². The molecule has 0 bridgehead atoms. The number of ether oxygens (including phenoxy) is 1. The number of carboxylic acids is 1. The van der Waals surface area contributed by atoms with Crippen LogP contribution in [0.4, 0.5) is 0 Å². The summed E-state index contributed by atoms with van der Waals surface area (Å²) in [5, 5.41) is 9.22. The summed E-state index contributed by atoms with van der Waals surface area (Å²) in [5.41, 5.74) is 0.867. The van der Waals surface area contributed by atoms with E-state index in [1.807, 2.05) is 37.2 Å². The molecular formula is C13H18BrNO3. The van der Waals surface area contributed by atoms with E-state index >= 15 is 0 Å². The lowest BCUT2D eigenvalue weighted by molar-refractivity contribution is -0.143. The number of hydrogen-bond acceptors (Lipinski definition) is 3. The summed E-state index contributed by atoms with van der Waals surface area (Å²) in [5.74, 6) is -0.649. The molecule has 0 amide bonds. The Morgan fingerprint density at radius 2 is 2.06 bits per heavy atom. The van der Waals surface area contributed by atoms with E-state index in [1.165, 1.54) is 0 Å². The molecule has 100 valence electrons. The first kappa shape index (κ1) is 15.0. The fourth-order valence-electron chi connectivity index (χ4n) is 2.07. The zero-order valence-electron chi connectivity index (χ0n) is 11.0. The van der Waals surface area contributed by atoms with Gasteiger partial charge in [-0.25, -0.2) is 0 Å². The number of carboxylic acid groups (broad SMARTS) is 1. The first-order valence-electron chi connectivity index (χ1n) is 5.61. The molecule has 0 heterocycles. The number of nitrogens with zero attached hydrogens (tertiary/aromatic N) is 1. The third-order valence-electron chi connectivity index (χ3n) is 2.93. The van der Waals surface area contributed by atoms with Crippen LogP contribution in [0.2, 0.25) is 0 Å². The van der Waals surface area contributed by atoms with E-state index < -0.39 is 11.9 Å². The molecule has 1 N–H and O–H groups in total. The van der Waals surface area contributed by atoms with E-state index in [-0.39, 0.29) is 6.04 Å². The van der Waals surface area contributed by atoms with E-state index in [0.717, 1.165) is 10.0 Å². The molecule has 5 heteroatoms. The van der Waals surface area contributed by atoms with Gasteiger partial charge in [-0.05, 0) is 32.3 Å². The molecular weight excluding hydrogens is 298 g/mol. The summed E-state index contributed by atoms with van der Waals surface area (Å²) in [4.78, 5) is 13.1. The van der Waals surface area contributed by atoms with Crippen molar-refractivity contribution in [3.05, 3.63) is 28.2 Å². The van der Waals surface area contributed by atoms with Crippen molar-refractivity contribution in [2.75, 3.05) is 21.2 Å². The Morgan fingerprint density at radius 3 is 2.50 bits per heavy atom. The molecule has 0 aliphatic carbocycles. The van der Waals surface area contributed by atoms with Gasteiger partial charge in [0.15, 0.2) is 0 Å². The van der Waals surface area contributed by atoms with Crippen molar-refractivity contribution in [3.63, 3.8) is 0 Å². The molecule has 0 saturated carbocycles. The number of rotatable bonds is 5. The Bertz CT molecular complexity index is 434. The van der Waals surface area contributed by atoms with Crippen LogP contribution in [0.3, 0.4) is 0 Å². The van der Waals surface area contributed by atoms with Crippen LogP contribution in [0.25, 0.3) is 0 Å². The van der Waals surface area contributed by atoms with Crippen molar-refractivity contribution in [2.24, 2.45) is 5.92 Å². The number of halogens is 1. The average molecular weight is 316 g/mol. The topological polar surface area (TPSA) is 49.8 Å². The summed E-state index contributed by atoms with van der Waals surface area (Å²) in [6.45, 7) is 1.70. The van der Waals surface area contributed by atoms with Gasteiger partial charge >= 0.3 is 5.97 Å². The quantitative estimate of drug-likeness (QED) is 0.907. The zero-order chi connectivity index (χ0) is 13.9. The first-order chi connectivity index (χ1) is 8.38. The van der Waals surface area contributed by atoms with Gasteiger partial charge in [-0.2, -0.15) is 0 Å². The number of hydrogen-bond donors (Lipinski definition) is 1. The Labute approximate surface area is 116 Å². The maximum atomic E-state index is 11.2. The molecule has 0 aliphatic rings. The van der Waals surface area contributed by atoms with Gasteiger partial charge in [0.25, 0.3) is 0 Å². The molecule has 0 aromatic heterocycles. The highest BCUT2D eigenvalue weighted by molar-refractivity contribution is 9.10.